The summed E-state index contributed by atoms with van der Waals surface area (Å²) in [4.78, 5) is 11.7. The fourth-order valence-electron chi connectivity index (χ4n) is 1.64. The first-order valence-electron chi connectivity index (χ1n) is 6.32. The van der Waals surface area contributed by atoms with Crippen LogP contribution in [0.4, 0.5) is 5.69 Å². The van der Waals surface area contributed by atoms with Gasteiger partial charge in [-0.25, -0.2) is 0 Å². The number of hydrogen-bond acceptors (Lipinski definition) is 3. The molecule has 1 rings (SSSR count). The molecule has 0 bridgehead atoms. The number of benzene rings is 1. The molecule has 0 spiro atoms. The fourth-order valence-corrected chi connectivity index (χ4v) is 1.64. The highest BCUT2D eigenvalue weighted by atomic mass is 16.3. The second kappa shape index (κ2) is 7.01. The number of rotatable bonds is 6. The maximum Gasteiger partial charge on any atom is 0.224 e. The summed E-state index contributed by atoms with van der Waals surface area (Å²) in [6, 6.07) is 5.38. The van der Waals surface area contributed by atoms with Gasteiger partial charge in [0.2, 0.25) is 5.91 Å². The molecule has 1 aromatic carbocycles. The van der Waals surface area contributed by atoms with E-state index in [1.165, 1.54) is 0 Å². The molecular weight excluding hydrogens is 228 g/mol. The number of phenols is 1. The van der Waals surface area contributed by atoms with Gasteiger partial charge in [0.15, 0.2) is 0 Å². The molecule has 0 aliphatic rings. The highest BCUT2D eigenvalue weighted by Crippen LogP contribution is 2.20. The summed E-state index contributed by atoms with van der Waals surface area (Å²) in [5.74, 6) is 0.223. The molecule has 0 radical (unpaired) electrons. The second-order valence-corrected chi connectivity index (χ2v) is 4.76. The Kier molecular flexibility index (Phi) is 5.65. The third-order valence-corrected chi connectivity index (χ3v) is 2.62. The zero-order valence-corrected chi connectivity index (χ0v) is 11.3. The predicted molar refractivity (Wildman–Crippen MR) is 73.8 cm³/mol. The molecule has 3 N–H and O–H groups in total. The summed E-state index contributed by atoms with van der Waals surface area (Å²) in [6.45, 7) is 6.87. The highest BCUT2D eigenvalue weighted by Gasteiger charge is 2.05. The van der Waals surface area contributed by atoms with Crippen molar-refractivity contribution >= 4 is 11.6 Å². The number of carbonyl (C=O) groups is 1. The molecule has 18 heavy (non-hydrogen) atoms. The minimum absolute atomic E-state index is 0.00865. The second-order valence-electron chi connectivity index (χ2n) is 4.76. The van der Waals surface area contributed by atoms with Crippen LogP contribution in [0.3, 0.4) is 0 Å². The lowest BCUT2D eigenvalue weighted by Gasteiger charge is -2.10. The number of aryl methyl sites for hydroxylation is 1. The van der Waals surface area contributed by atoms with Crippen LogP contribution in [-0.4, -0.2) is 23.6 Å². The minimum atomic E-state index is 0.00865. The van der Waals surface area contributed by atoms with Gasteiger partial charge in [-0.2, -0.15) is 0 Å². The van der Waals surface area contributed by atoms with Crippen molar-refractivity contribution in [2.45, 2.75) is 39.7 Å². The molecule has 4 heteroatoms. The summed E-state index contributed by atoms with van der Waals surface area (Å²) in [7, 11) is 0. The topological polar surface area (TPSA) is 61.4 Å². The largest absolute Gasteiger partial charge is 0.508 e. The van der Waals surface area contributed by atoms with E-state index in [9.17, 15) is 9.90 Å². The van der Waals surface area contributed by atoms with Crippen LogP contribution in [0.25, 0.3) is 0 Å². The number of hydrogen-bond donors (Lipinski definition) is 3. The van der Waals surface area contributed by atoms with Gasteiger partial charge in [0, 0.05) is 18.2 Å². The van der Waals surface area contributed by atoms with Gasteiger partial charge in [0.25, 0.3) is 0 Å². The van der Waals surface area contributed by atoms with Gasteiger partial charge < -0.3 is 15.7 Å². The Morgan fingerprint density at radius 1 is 1.39 bits per heavy atom. The Balaban J connectivity index is 2.35. The van der Waals surface area contributed by atoms with Crippen LogP contribution in [0.1, 0.15) is 32.3 Å². The molecule has 4 nitrogen and oxygen atoms in total. The van der Waals surface area contributed by atoms with E-state index in [4.69, 9.17) is 0 Å². The van der Waals surface area contributed by atoms with E-state index in [2.05, 4.69) is 24.5 Å². The lowest BCUT2D eigenvalue weighted by molar-refractivity contribution is -0.116. The number of anilines is 1. The van der Waals surface area contributed by atoms with Gasteiger partial charge in [0.1, 0.15) is 5.75 Å². The molecule has 100 valence electrons. The third kappa shape index (κ3) is 5.19. The number of nitrogens with one attached hydrogen (secondary N) is 2. The zero-order chi connectivity index (χ0) is 13.5. The number of aromatic hydroxyl groups is 1. The maximum atomic E-state index is 11.7. The Morgan fingerprint density at radius 3 is 2.72 bits per heavy atom. The molecule has 1 amide bonds. The van der Waals surface area contributed by atoms with Crippen molar-refractivity contribution < 1.29 is 9.90 Å². The average molecular weight is 250 g/mol. The molecule has 0 aliphatic heterocycles. The molecule has 0 aromatic heterocycles. The first kappa shape index (κ1) is 14.5. The third-order valence-electron chi connectivity index (χ3n) is 2.62. The van der Waals surface area contributed by atoms with Crippen LogP contribution in [-0.2, 0) is 4.79 Å². The molecule has 0 heterocycles. The van der Waals surface area contributed by atoms with E-state index in [1.54, 1.807) is 18.2 Å². The molecule has 0 aliphatic carbocycles. The summed E-state index contributed by atoms with van der Waals surface area (Å²) in [5, 5.41) is 15.4. The van der Waals surface area contributed by atoms with Crippen LogP contribution >= 0.6 is 0 Å². The van der Waals surface area contributed by atoms with E-state index >= 15 is 0 Å². The molecular formula is C14H22N2O2. The van der Waals surface area contributed by atoms with Crippen molar-refractivity contribution in [3.05, 3.63) is 23.8 Å². The van der Waals surface area contributed by atoms with Crippen molar-refractivity contribution in [1.82, 2.24) is 5.32 Å². The first-order valence-corrected chi connectivity index (χ1v) is 6.32. The normalized spacial score (nSPS) is 10.7. The molecule has 1 aromatic rings. The summed E-state index contributed by atoms with van der Waals surface area (Å²) >= 11 is 0. The van der Waals surface area contributed by atoms with Crippen LogP contribution in [0.5, 0.6) is 5.75 Å². The fraction of sp³-hybridized carbons (Fsp3) is 0.500. The summed E-state index contributed by atoms with van der Waals surface area (Å²) in [5.41, 5.74) is 1.62. The number of carbonyl (C=O) groups excluding carboxylic acids is 1. The van der Waals surface area contributed by atoms with Gasteiger partial charge in [-0.1, -0.05) is 13.8 Å². The molecule has 0 saturated heterocycles. The van der Waals surface area contributed by atoms with Crippen LogP contribution in [0, 0.1) is 6.92 Å². The Labute approximate surface area is 108 Å². The van der Waals surface area contributed by atoms with Gasteiger partial charge in [-0.3, -0.25) is 4.79 Å². The average Bonchev–Trinajstić information content (AvgIpc) is 2.28. The number of amides is 1. The SMILES string of the molecule is Cc1cc(O)ccc1NC(=O)CCCNC(C)C. The monoisotopic (exact) mass is 250 g/mol. The van der Waals surface area contributed by atoms with Gasteiger partial charge in [0.05, 0.1) is 0 Å². The van der Waals surface area contributed by atoms with E-state index in [0.29, 0.717) is 12.5 Å². The lowest BCUT2D eigenvalue weighted by atomic mass is 10.2. The smallest absolute Gasteiger partial charge is 0.224 e. The molecule has 0 fully saturated rings. The minimum Gasteiger partial charge on any atom is -0.508 e. The Hall–Kier alpha value is -1.55. The quantitative estimate of drug-likeness (QED) is 0.537. The lowest BCUT2D eigenvalue weighted by Crippen LogP contribution is -2.24. The van der Waals surface area contributed by atoms with E-state index in [0.717, 1.165) is 24.2 Å². The summed E-state index contributed by atoms with van der Waals surface area (Å²) < 4.78 is 0. The standard InChI is InChI=1S/C14H22N2O2/c1-10(2)15-8-4-5-14(18)16-13-7-6-12(17)9-11(13)3/h6-7,9-10,15,17H,4-5,8H2,1-3H3,(H,16,18). The van der Waals surface area contributed by atoms with E-state index in [1.807, 2.05) is 6.92 Å². The number of phenolic OH excluding ortho intramolecular Hbond substituents is 1. The first-order chi connectivity index (χ1) is 8.49. The van der Waals surface area contributed by atoms with Crippen LogP contribution in [0.15, 0.2) is 18.2 Å². The van der Waals surface area contributed by atoms with Gasteiger partial charge in [-0.05, 0) is 43.7 Å². The predicted octanol–water partition coefficient (Wildman–Crippen LogP) is 2.42. The zero-order valence-electron chi connectivity index (χ0n) is 11.3. The van der Waals surface area contributed by atoms with Crippen LogP contribution in [0.2, 0.25) is 0 Å². The highest BCUT2D eigenvalue weighted by molar-refractivity contribution is 5.91. The Morgan fingerprint density at radius 2 is 2.11 bits per heavy atom. The van der Waals surface area contributed by atoms with E-state index < -0.39 is 0 Å². The van der Waals surface area contributed by atoms with Crippen molar-refractivity contribution in [3.8, 4) is 5.75 Å². The van der Waals surface area contributed by atoms with Crippen molar-refractivity contribution in [2.75, 3.05) is 11.9 Å². The van der Waals surface area contributed by atoms with Crippen molar-refractivity contribution in [1.29, 1.82) is 0 Å². The van der Waals surface area contributed by atoms with E-state index in [-0.39, 0.29) is 11.7 Å². The Bertz CT molecular complexity index is 403. The van der Waals surface area contributed by atoms with Gasteiger partial charge >= 0.3 is 0 Å². The van der Waals surface area contributed by atoms with Crippen LogP contribution < -0.4 is 10.6 Å². The molecule has 0 saturated carbocycles. The van der Waals surface area contributed by atoms with Crippen molar-refractivity contribution in [2.24, 2.45) is 0 Å². The molecule has 0 atom stereocenters. The molecule has 0 unspecified atom stereocenters. The van der Waals surface area contributed by atoms with Crippen molar-refractivity contribution in [3.63, 3.8) is 0 Å². The maximum absolute atomic E-state index is 11.7. The van der Waals surface area contributed by atoms with Gasteiger partial charge in [-0.15, -0.1) is 0 Å². The summed E-state index contributed by atoms with van der Waals surface area (Å²) in [6.07, 6.45) is 1.32.